The quantitative estimate of drug-likeness (QED) is 0.447. The van der Waals surface area contributed by atoms with Crippen molar-refractivity contribution in [2.75, 3.05) is 33.4 Å². The molecule has 0 unspecified atom stereocenters. The van der Waals surface area contributed by atoms with E-state index in [1.807, 2.05) is 0 Å². The molecule has 0 saturated carbocycles. The van der Waals surface area contributed by atoms with Crippen molar-refractivity contribution in [3.8, 4) is 0 Å². The molecule has 1 fully saturated rings. The zero-order valence-electron chi connectivity index (χ0n) is 6.10. The third-order valence-electron chi connectivity index (χ3n) is 1.23. The van der Waals surface area contributed by atoms with E-state index in [-0.39, 0.29) is 0 Å². The molecule has 1 aliphatic heterocycles. The summed E-state index contributed by atoms with van der Waals surface area (Å²) in [7, 11) is 2.11. The third-order valence-corrected chi connectivity index (χ3v) is 1.23. The molecule has 0 bridgehead atoms. The molecule has 54 valence electrons. The lowest BCUT2D eigenvalue weighted by atomic mass is 10.5. The van der Waals surface area contributed by atoms with Gasteiger partial charge in [-0.2, -0.15) is 0 Å². The molecule has 0 aliphatic carbocycles. The van der Waals surface area contributed by atoms with Crippen molar-refractivity contribution in [3.63, 3.8) is 0 Å². The monoisotopic (exact) mass is 129 g/mol. The van der Waals surface area contributed by atoms with Crippen molar-refractivity contribution in [1.82, 2.24) is 4.90 Å². The van der Waals surface area contributed by atoms with Crippen molar-refractivity contribution >= 4 is 0 Å². The smallest absolute Gasteiger partial charge is 0.0594 e. The first-order chi connectivity index (χ1) is 4.39. The second kappa shape index (κ2) is 5.79. The number of morpholine rings is 1. The van der Waals surface area contributed by atoms with E-state index in [0.717, 1.165) is 26.3 Å². The largest absolute Gasteiger partial charge is 0.379 e. The molecule has 0 aromatic heterocycles. The summed E-state index contributed by atoms with van der Waals surface area (Å²) in [5.74, 6) is 0. The van der Waals surface area contributed by atoms with Gasteiger partial charge in [0.05, 0.1) is 13.2 Å². The van der Waals surface area contributed by atoms with Crippen LogP contribution in [0.4, 0.5) is 0 Å². The van der Waals surface area contributed by atoms with Gasteiger partial charge in [-0.05, 0) is 7.05 Å². The van der Waals surface area contributed by atoms with E-state index in [1.54, 1.807) is 0 Å². The highest BCUT2D eigenvalue weighted by Crippen LogP contribution is 1.89. The first-order valence-corrected chi connectivity index (χ1v) is 3.16. The fraction of sp³-hybridized carbons (Fsp3) is 0.714. The van der Waals surface area contributed by atoms with Gasteiger partial charge in [-0.25, -0.2) is 0 Å². The molecule has 1 saturated heterocycles. The Morgan fingerprint density at radius 2 is 1.67 bits per heavy atom. The summed E-state index contributed by atoms with van der Waals surface area (Å²) in [5, 5.41) is 0. The van der Waals surface area contributed by atoms with Crippen LogP contribution < -0.4 is 0 Å². The molecule has 0 radical (unpaired) electrons. The van der Waals surface area contributed by atoms with E-state index in [4.69, 9.17) is 4.74 Å². The summed E-state index contributed by atoms with van der Waals surface area (Å²) in [6.07, 6.45) is 0. The third kappa shape index (κ3) is 4.18. The summed E-state index contributed by atoms with van der Waals surface area (Å²) in [4.78, 5) is 2.27. The zero-order chi connectivity index (χ0) is 7.11. The van der Waals surface area contributed by atoms with Crippen LogP contribution in [0, 0.1) is 0 Å². The molecule has 1 heterocycles. The fourth-order valence-corrected chi connectivity index (χ4v) is 0.655. The molecular weight excluding hydrogens is 114 g/mol. The van der Waals surface area contributed by atoms with Crippen molar-refractivity contribution in [3.05, 3.63) is 13.2 Å². The van der Waals surface area contributed by atoms with Gasteiger partial charge in [-0.15, -0.1) is 13.2 Å². The van der Waals surface area contributed by atoms with Gasteiger partial charge in [0.2, 0.25) is 0 Å². The number of likely N-dealkylation sites (N-methyl/N-ethyl adjacent to an activating group) is 1. The lowest BCUT2D eigenvalue weighted by Crippen LogP contribution is -2.32. The Morgan fingerprint density at radius 3 is 1.89 bits per heavy atom. The molecule has 2 nitrogen and oxygen atoms in total. The Bertz CT molecular complexity index is 59.9. The highest BCUT2D eigenvalue weighted by molar-refractivity contribution is 4.53. The maximum Gasteiger partial charge on any atom is 0.0594 e. The molecule has 0 N–H and O–H groups in total. The number of hydrogen-bond donors (Lipinski definition) is 0. The maximum atomic E-state index is 5.10. The van der Waals surface area contributed by atoms with Gasteiger partial charge in [0.15, 0.2) is 0 Å². The molecule has 0 amide bonds. The second-order valence-corrected chi connectivity index (χ2v) is 1.92. The number of ether oxygens (including phenoxy) is 1. The molecule has 1 rings (SSSR count). The first-order valence-electron chi connectivity index (χ1n) is 3.16. The minimum Gasteiger partial charge on any atom is -0.379 e. The van der Waals surface area contributed by atoms with Crippen LogP contribution in [0.15, 0.2) is 13.2 Å². The summed E-state index contributed by atoms with van der Waals surface area (Å²) < 4.78 is 5.10. The van der Waals surface area contributed by atoms with Crippen LogP contribution in [0.5, 0.6) is 0 Å². The maximum absolute atomic E-state index is 5.10. The van der Waals surface area contributed by atoms with E-state index in [0.29, 0.717) is 0 Å². The van der Waals surface area contributed by atoms with Crippen LogP contribution in [0.1, 0.15) is 0 Å². The standard InChI is InChI=1S/C5H11NO.C2H4/c1-6-2-4-7-5-3-6;1-2/h2-5H2,1H3;1-2H2. The van der Waals surface area contributed by atoms with Gasteiger partial charge in [-0.1, -0.05) is 0 Å². The van der Waals surface area contributed by atoms with Crippen LogP contribution in [0.25, 0.3) is 0 Å². The summed E-state index contributed by atoms with van der Waals surface area (Å²) in [5.41, 5.74) is 0. The molecule has 1 aliphatic rings. The summed E-state index contributed by atoms with van der Waals surface area (Å²) in [6, 6.07) is 0. The molecule has 2 heteroatoms. The van der Waals surface area contributed by atoms with Gasteiger partial charge >= 0.3 is 0 Å². The molecule has 0 aromatic rings. The van der Waals surface area contributed by atoms with Crippen LogP contribution >= 0.6 is 0 Å². The Morgan fingerprint density at radius 1 is 1.22 bits per heavy atom. The average molecular weight is 129 g/mol. The SMILES string of the molecule is C=C.CN1CCOCC1. The minimum absolute atomic E-state index is 0.913. The van der Waals surface area contributed by atoms with Crippen LogP contribution in [0.2, 0.25) is 0 Å². The van der Waals surface area contributed by atoms with E-state index in [9.17, 15) is 0 Å². The number of nitrogens with zero attached hydrogens (tertiary/aromatic N) is 1. The normalized spacial score (nSPS) is 20.1. The molecule has 0 spiro atoms. The molecular formula is C7H15NO. The van der Waals surface area contributed by atoms with E-state index < -0.39 is 0 Å². The Balaban J connectivity index is 0.000000291. The zero-order valence-corrected chi connectivity index (χ0v) is 6.10. The minimum atomic E-state index is 0.913. The van der Waals surface area contributed by atoms with Crippen molar-refractivity contribution < 1.29 is 4.74 Å². The lowest BCUT2D eigenvalue weighted by Gasteiger charge is -2.21. The Labute approximate surface area is 57.1 Å². The first kappa shape index (κ1) is 8.66. The van der Waals surface area contributed by atoms with Crippen LogP contribution in [-0.4, -0.2) is 38.3 Å². The number of rotatable bonds is 0. The van der Waals surface area contributed by atoms with Gasteiger partial charge in [-0.3, -0.25) is 0 Å². The second-order valence-electron chi connectivity index (χ2n) is 1.92. The predicted octanol–water partition coefficient (Wildman–Crippen LogP) is 0.751. The highest BCUT2D eigenvalue weighted by atomic mass is 16.5. The molecule has 0 aromatic carbocycles. The van der Waals surface area contributed by atoms with E-state index >= 15 is 0 Å². The molecule has 9 heavy (non-hydrogen) atoms. The van der Waals surface area contributed by atoms with E-state index in [2.05, 4.69) is 25.1 Å². The summed E-state index contributed by atoms with van der Waals surface area (Å²) >= 11 is 0. The predicted molar refractivity (Wildman–Crippen MR) is 39.6 cm³/mol. The Kier molecular flexibility index (Phi) is 5.57. The number of hydrogen-bond acceptors (Lipinski definition) is 2. The lowest BCUT2D eigenvalue weighted by molar-refractivity contribution is 0.0503. The van der Waals surface area contributed by atoms with Crippen LogP contribution in [0.3, 0.4) is 0 Å². The van der Waals surface area contributed by atoms with Crippen molar-refractivity contribution in [2.24, 2.45) is 0 Å². The van der Waals surface area contributed by atoms with Gasteiger partial charge in [0, 0.05) is 13.1 Å². The molecule has 0 atom stereocenters. The van der Waals surface area contributed by atoms with Crippen LogP contribution in [-0.2, 0) is 4.74 Å². The van der Waals surface area contributed by atoms with Gasteiger partial charge in [0.25, 0.3) is 0 Å². The van der Waals surface area contributed by atoms with E-state index in [1.165, 1.54) is 0 Å². The topological polar surface area (TPSA) is 12.5 Å². The van der Waals surface area contributed by atoms with Gasteiger partial charge in [0.1, 0.15) is 0 Å². The summed E-state index contributed by atoms with van der Waals surface area (Å²) in [6.45, 7) is 10.0. The Hall–Kier alpha value is -0.340. The highest BCUT2D eigenvalue weighted by Gasteiger charge is 2.02. The van der Waals surface area contributed by atoms with Crippen molar-refractivity contribution in [2.45, 2.75) is 0 Å². The fourth-order valence-electron chi connectivity index (χ4n) is 0.655. The van der Waals surface area contributed by atoms with Gasteiger partial charge < -0.3 is 9.64 Å². The van der Waals surface area contributed by atoms with Crippen molar-refractivity contribution in [1.29, 1.82) is 0 Å². The average Bonchev–Trinajstić information content (AvgIpc) is 1.94.